The van der Waals surface area contributed by atoms with Crippen LogP contribution in [0, 0.1) is 5.41 Å². The van der Waals surface area contributed by atoms with E-state index in [0.29, 0.717) is 11.5 Å². The first-order chi connectivity index (χ1) is 8.88. The second-order valence-corrected chi connectivity index (χ2v) is 6.96. The molecule has 0 saturated carbocycles. The summed E-state index contributed by atoms with van der Waals surface area (Å²) in [6.45, 7) is 11.0. The van der Waals surface area contributed by atoms with Crippen LogP contribution in [0.3, 0.4) is 0 Å². The number of hydrogen-bond acceptors (Lipinski definition) is 3. The maximum Gasteiger partial charge on any atom is 0.410 e. The minimum atomic E-state index is -0.404. The summed E-state index contributed by atoms with van der Waals surface area (Å²) < 4.78 is 5.56. The van der Waals surface area contributed by atoms with E-state index in [0.717, 1.165) is 32.5 Å². The van der Waals surface area contributed by atoms with Gasteiger partial charge in [0.2, 0.25) is 0 Å². The zero-order valence-corrected chi connectivity index (χ0v) is 12.8. The first-order valence-corrected chi connectivity index (χ1v) is 7.58. The van der Waals surface area contributed by atoms with E-state index in [9.17, 15) is 4.79 Å². The topological polar surface area (TPSA) is 41.6 Å². The quantitative estimate of drug-likeness (QED) is 0.795. The molecule has 1 atom stereocenters. The number of hydrogen-bond donors (Lipinski definition) is 1. The lowest BCUT2D eigenvalue weighted by Gasteiger charge is -2.41. The fraction of sp³-hybridized carbons (Fsp3) is 0.933. The summed E-state index contributed by atoms with van der Waals surface area (Å²) in [6.07, 6.45) is 4.40. The maximum atomic E-state index is 12.3. The van der Waals surface area contributed by atoms with Gasteiger partial charge in [0.05, 0.1) is 0 Å². The Labute approximate surface area is 116 Å². The lowest BCUT2D eigenvalue weighted by molar-refractivity contribution is 0.0129. The Bertz CT molecular complexity index is 330. The van der Waals surface area contributed by atoms with Crippen molar-refractivity contribution in [2.45, 2.75) is 65.0 Å². The van der Waals surface area contributed by atoms with E-state index >= 15 is 0 Å². The molecular weight excluding hydrogens is 240 g/mol. The summed E-state index contributed by atoms with van der Waals surface area (Å²) in [5.41, 5.74) is -0.0733. The SMILES string of the molecule is CCC1N(C(=O)OC(C)(C)C)CCC12CCNCC2. The number of carbonyl (C=O) groups is 1. The van der Waals surface area contributed by atoms with Crippen molar-refractivity contribution >= 4 is 6.09 Å². The highest BCUT2D eigenvalue weighted by atomic mass is 16.6. The molecule has 2 saturated heterocycles. The van der Waals surface area contributed by atoms with Crippen LogP contribution in [0.5, 0.6) is 0 Å². The van der Waals surface area contributed by atoms with Gasteiger partial charge in [-0.1, -0.05) is 6.92 Å². The average Bonchev–Trinajstić information content (AvgIpc) is 2.66. The van der Waals surface area contributed by atoms with E-state index < -0.39 is 5.60 Å². The van der Waals surface area contributed by atoms with Gasteiger partial charge in [0.1, 0.15) is 5.60 Å². The Morgan fingerprint density at radius 2 is 1.95 bits per heavy atom. The van der Waals surface area contributed by atoms with Crippen molar-refractivity contribution in [1.82, 2.24) is 10.2 Å². The maximum absolute atomic E-state index is 12.3. The molecule has 4 nitrogen and oxygen atoms in total. The first kappa shape index (κ1) is 14.6. The molecule has 0 aromatic heterocycles. The molecule has 0 aromatic carbocycles. The van der Waals surface area contributed by atoms with E-state index in [1.807, 2.05) is 25.7 Å². The minimum Gasteiger partial charge on any atom is -0.444 e. The molecule has 1 spiro atoms. The minimum absolute atomic E-state index is 0.130. The zero-order valence-electron chi connectivity index (χ0n) is 12.8. The van der Waals surface area contributed by atoms with Gasteiger partial charge in [0, 0.05) is 12.6 Å². The van der Waals surface area contributed by atoms with Gasteiger partial charge in [-0.3, -0.25) is 0 Å². The predicted molar refractivity (Wildman–Crippen MR) is 76.2 cm³/mol. The van der Waals surface area contributed by atoms with Crippen molar-refractivity contribution in [2.24, 2.45) is 5.41 Å². The van der Waals surface area contributed by atoms with Crippen LogP contribution in [0.1, 0.15) is 53.4 Å². The smallest absolute Gasteiger partial charge is 0.410 e. The molecule has 19 heavy (non-hydrogen) atoms. The highest BCUT2D eigenvalue weighted by Crippen LogP contribution is 2.45. The van der Waals surface area contributed by atoms with E-state index in [4.69, 9.17) is 4.74 Å². The predicted octanol–water partition coefficient (Wildman–Crippen LogP) is 2.78. The highest BCUT2D eigenvalue weighted by molar-refractivity contribution is 5.69. The summed E-state index contributed by atoms with van der Waals surface area (Å²) >= 11 is 0. The van der Waals surface area contributed by atoms with Gasteiger partial charge in [-0.25, -0.2) is 4.79 Å². The van der Waals surface area contributed by atoms with Crippen molar-refractivity contribution in [2.75, 3.05) is 19.6 Å². The third-order valence-electron chi connectivity index (χ3n) is 4.55. The molecule has 0 bridgehead atoms. The van der Waals surface area contributed by atoms with E-state index in [1.165, 1.54) is 12.8 Å². The number of carbonyl (C=O) groups excluding carboxylic acids is 1. The number of amides is 1. The lowest BCUT2D eigenvalue weighted by atomic mass is 9.72. The number of ether oxygens (including phenoxy) is 1. The molecule has 2 heterocycles. The van der Waals surface area contributed by atoms with Gasteiger partial charge in [0.15, 0.2) is 0 Å². The Kier molecular flexibility index (Phi) is 4.09. The molecule has 110 valence electrons. The Morgan fingerprint density at radius 1 is 1.32 bits per heavy atom. The molecular formula is C15H28N2O2. The third-order valence-corrected chi connectivity index (χ3v) is 4.55. The van der Waals surface area contributed by atoms with Gasteiger partial charge in [0.25, 0.3) is 0 Å². The number of rotatable bonds is 1. The van der Waals surface area contributed by atoms with Crippen LogP contribution in [-0.2, 0) is 4.74 Å². The zero-order chi connectivity index (χ0) is 14.1. The molecule has 1 amide bonds. The monoisotopic (exact) mass is 268 g/mol. The average molecular weight is 268 g/mol. The number of piperidine rings is 1. The standard InChI is InChI=1S/C15H28N2O2/c1-5-12-15(6-9-16-10-7-15)8-11-17(12)13(18)19-14(2,3)4/h12,16H,5-11H2,1-4H3. The fourth-order valence-electron chi connectivity index (χ4n) is 3.70. The molecule has 4 heteroatoms. The van der Waals surface area contributed by atoms with Gasteiger partial charge in [-0.15, -0.1) is 0 Å². The first-order valence-electron chi connectivity index (χ1n) is 7.58. The third kappa shape index (κ3) is 3.04. The van der Waals surface area contributed by atoms with Crippen molar-refractivity contribution in [3.05, 3.63) is 0 Å². The molecule has 0 aliphatic carbocycles. The van der Waals surface area contributed by atoms with Crippen LogP contribution in [-0.4, -0.2) is 42.3 Å². The van der Waals surface area contributed by atoms with Gasteiger partial charge < -0.3 is 15.0 Å². The van der Waals surface area contributed by atoms with Crippen molar-refractivity contribution in [3.8, 4) is 0 Å². The number of nitrogens with zero attached hydrogens (tertiary/aromatic N) is 1. The molecule has 2 fully saturated rings. The van der Waals surface area contributed by atoms with Gasteiger partial charge >= 0.3 is 6.09 Å². The number of likely N-dealkylation sites (tertiary alicyclic amines) is 1. The highest BCUT2D eigenvalue weighted by Gasteiger charge is 2.49. The number of nitrogens with one attached hydrogen (secondary N) is 1. The van der Waals surface area contributed by atoms with Gasteiger partial charge in [-0.05, 0) is 65.0 Å². The Balaban J connectivity index is 2.08. The van der Waals surface area contributed by atoms with E-state index in [1.54, 1.807) is 0 Å². The van der Waals surface area contributed by atoms with Crippen molar-refractivity contribution in [1.29, 1.82) is 0 Å². The van der Waals surface area contributed by atoms with Crippen LogP contribution >= 0.6 is 0 Å². The fourth-order valence-corrected chi connectivity index (χ4v) is 3.70. The summed E-state index contributed by atoms with van der Waals surface area (Å²) in [6, 6.07) is 0.351. The Hall–Kier alpha value is -0.770. The summed E-state index contributed by atoms with van der Waals surface area (Å²) in [5.74, 6) is 0. The molecule has 2 rings (SSSR count). The molecule has 1 unspecified atom stereocenters. The molecule has 2 aliphatic rings. The second kappa shape index (κ2) is 5.31. The molecule has 2 aliphatic heterocycles. The molecule has 0 radical (unpaired) electrons. The summed E-state index contributed by atoms with van der Waals surface area (Å²) in [4.78, 5) is 14.3. The van der Waals surface area contributed by atoms with Crippen LogP contribution in [0.15, 0.2) is 0 Å². The van der Waals surface area contributed by atoms with Crippen molar-refractivity contribution < 1.29 is 9.53 Å². The van der Waals surface area contributed by atoms with E-state index in [-0.39, 0.29) is 6.09 Å². The lowest BCUT2D eigenvalue weighted by Crippen LogP contribution is -2.48. The largest absolute Gasteiger partial charge is 0.444 e. The molecule has 0 aromatic rings. The second-order valence-electron chi connectivity index (χ2n) is 6.96. The van der Waals surface area contributed by atoms with Crippen molar-refractivity contribution in [3.63, 3.8) is 0 Å². The Morgan fingerprint density at radius 3 is 2.47 bits per heavy atom. The van der Waals surface area contributed by atoms with Crippen LogP contribution < -0.4 is 5.32 Å². The normalized spacial score (nSPS) is 26.7. The summed E-state index contributed by atoms with van der Waals surface area (Å²) in [7, 11) is 0. The summed E-state index contributed by atoms with van der Waals surface area (Å²) in [5, 5.41) is 3.43. The van der Waals surface area contributed by atoms with Gasteiger partial charge in [-0.2, -0.15) is 0 Å². The molecule has 1 N–H and O–H groups in total. The van der Waals surface area contributed by atoms with Crippen LogP contribution in [0.25, 0.3) is 0 Å². The van der Waals surface area contributed by atoms with E-state index in [2.05, 4.69) is 12.2 Å². The van der Waals surface area contributed by atoms with Crippen LogP contribution in [0.4, 0.5) is 4.79 Å². The van der Waals surface area contributed by atoms with Crippen LogP contribution in [0.2, 0.25) is 0 Å².